The number of hydrogen-bond donors (Lipinski definition) is 2. The first-order chi connectivity index (χ1) is 13.0. The zero-order valence-electron chi connectivity index (χ0n) is 14.7. The largest absolute Gasteiger partial charge is 0.478 e. The molecule has 2 aromatic rings. The minimum atomic E-state index is -0.927. The van der Waals surface area contributed by atoms with Gasteiger partial charge in [0.2, 0.25) is 0 Å². The summed E-state index contributed by atoms with van der Waals surface area (Å²) in [7, 11) is 0. The normalized spacial score (nSPS) is 30.3. The van der Waals surface area contributed by atoms with Crippen LogP contribution < -0.4 is 5.32 Å². The van der Waals surface area contributed by atoms with Crippen molar-refractivity contribution in [1.29, 1.82) is 0 Å². The summed E-state index contributed by atoms with van der Waals surface area (Å²) in [6, 6.07) is 12.3. The number of nitro groups is 1. The van der Waals surface area contributed by atoms with E-state index in [2.05, 4.69) is 11.4 Å². The van der Waals surface area contributed by atoms with Crippen molar-refractivity contribution in [2.24, 2.45) is 17.8 Å². The third-order valence-corrected chi connectivity index (χ3v) is 6.81. The predicted octanol–water partition coefficient (Wildman–Crippen LogP) is 4.59. The lowest BCUT2D eigenvalue weighted by molar-refractivity contribution is -0.384. The van der Waals surface area contributed by atoms with Crippen LogP contribution in [0.15, 0.2) is 42.5 Å². The monoisotopic (exact) mass is 364 g/mol. The molecule has 1 aliphatic heterocycles. The molecular formula is C21H20N2O4. The Morgan fingerprint density at radius 1 is 1.11 bits per heavy atom. The molecule has 5 atom stereocenters. The van der Waals surface area contributed by atoms with Crippen molar-refractivity contribution < 1.29 is 14.8 Å². The Morgan fingerprint density at radius 2 is 1.85 bits per heavy atom. The van der Waals surface area contributed by atoms with Gasteiger partial charge in [-0.05, 0) is 60.1 Å². The van der Waals surface area contributed by atoms with Crippen molar-refractivity contribution >= 4 is 17.3 Å². The van der Waals surface area contributed by atoms with Gasteiger partial charge in [-0.15, -0.1) is 0 Å². The second-order valence-electron chi connectivity index (χ2n) is 7.98. The summed E-state index contributed by atoms with van der Waals surface area (Å²) in [6.07, 6.45) is 3.61. The number of non-ortho nitro benzene ring substituents is 1. The predicted molar refractivity (Wildman–Crippen MR) is 99.9 cm³/mol. The molecule has 2 N–H and O–H groups in total. The molecule has 0 radical (unpaired) electrons. The molecule has 0 unspecified atom stereocenters. The molecule has 3 aliphatic rings. The van der Waals surface area contributed by atoms with Crippen molar-refractivity contribution in [3.05, 3.63) is 69.3 Å². The van der Waals surface area contributed by atoms with Crippen molar-refractivity contribution in [1.82, 2.24) is 0 Å². The molecule has 1 heterocycles. The first-order valence-corrected chi connectivity index (χ1v) is 9.41. The van der Waals surface area contributed by atoms with Gasteiger partial charge in [0.15, 0.2) is 0 Å². The number of nitro benzene ring substituents is 1. The van der Waals surface area contributed by atoms with Gasteiger partial charge in [-0.1, -0.05) is 24.3 Å². The lowest BCUT2D eigenvalue weighted by Crippen LogP contribution is -2.36. The number of anilines is 1. The number of carboxylic acids is 1. The molecule has 6 heteroatoms. The van der Waals surface area contributed by atoms with Crippen LogP contribution in [0.5, 0.6) is 0 Å². The highest BCUT2D eigenvalue weighted by atomic mass is 16.6. The second-order valence-corrected chi connectivity index (χ2v) is 7.98. The average Bonchev–Trinajstić information content (AvgIpc) is 3.29. The molecule has 2 aliphatic carbocycles. The molecule has 2 fully saturated rings. The summed E-state index contributed by atoms with van der Waals surface area (Å²) in [5.41, 5.74) is 3.23. The summed E-state index contributed by atoms with van der Waals surface area (Å²) < 4.78 is 0. The van der Waals surface area contributed by atoms with E-state index in [0.717, 1.165) is 16.8 Å². The van der Waals surface area contributed by atoms with Gasteiger partial charge >= 0.3 is 5.97 Å². The van der Waals surface area contributed by atoms with E-state index >= 15 is 0 Å². The van der Waals surface area contributed by atoms with Crippen molar-refractivity contribution in [2.45, 2.75) is 31.2 Å². The fourth-order valence-electron chi connectivity index (χ4n) is 5.82. The fourth-order valence-corrected chi connectivity index (χ4v) is 5.82. The molecule has 2 saturated carbocycles. The number of nitrogens with one attached hydrogen (secondary N) is 1. The smallest absolute Gasteiger partial charge is 0.337 e. The topological polar surface area (TPSA) is 92.5 Å². The van der Waals surface area contributed by atoms with Gasteiger partial charge < -0.3 is 10.4 Å². The van der Waals surface area contributed by atoms with Crippen molar-refractivity contribution in [2.75, 3.05) is 5.32 Å². The highest BCUT2D eigenvalue weighted by molar-refractivity contribution is 5.95. The lowest BCUT2D eigenvalue weighted by atomic mass is 9.67. The molecule has 2 aromatic carbocycles. The highest BCUT2D eigenvalue weighted by Gasteiger charge is 2.54. The lowest BCUT2D eigenvalue weighted by Gasteiger charge is -2.44. The van der Waals surface area contributed by atoms with E-state index in [-0.39, 0.29) is 11.7 Å². The summed E-state index contributed by atoms with van der Waals surface area (Å²) in [5.74, 6) is 1.06. The van der Waals surface area contributed by atoms with Crippen LogP contribution in [0.2, 0.25) is 0 Å². The van der Waals surface area contributed by atoms with E-state index in [0.29, 0.717) is 29.2 Å². The maximum Gasteiger partial charge on any atom is 0.337 e. The first-order valence-electron chi connectivity index (χ1n) is 9.41. The number of para-hydroxylation sites is 1. The number of carbonyl (C=O) groups is 1. The third-order valence-electron chi connectivity index (χ3n) is 6.81. The zero-order chi connectivity index (χ0) is 18.7. The van der Waals surface area contributed by atoms with Crippen LogP contribution in [0.1, 0.15) is 52.7 Å². The van der Waals surface area contributed by atoms with Gasteiger partial charge in [0.25, 0.3) is 5.69 Å². The Bertz CT molecular complexity index is 940. The van der Waals surface area contributed by atoms with E-state index < -0.39 is 10.9 Å². The number of carboxylic acid groups (broad SMARTS) is 1. The van der Waals surface area contributed by atoms with Gasteiger partial charge in [-0.25, -0.2) is 4.79 Å². The van der Waals surface area contributed by atoms with Crippen LogP contribution in [-0.2, 0) is 0 Å². The molecule has 0 aromatic heterocycles. The Labute approximate surface area is 156 Å². The number of nitrogens with zero attached hydrogens (tertiary/aromatic N) is 1. The van der Waals surface area contributed by atoms with E-state index in [1.54, 1.807) is 6.07 Å². The van der Waals surface area contributed by atoms with Crippen molar-refractivity contribution in [3.63, 3.8) is 0 Å². The molecule has 0 spiro atoms. The van der Waals surface area contributed by atoms with Crippen LogP contribution >= 0.6 is 0 Å². The number of benzene rings is 2. The van der Waals surface area contributed by atoms with Crippen LogP contribution in [0.4, 0.5) is 11.4 Å². The molecule has 138 valence electrons. The fraction of sp³-hybridized carbons (Fsp3) is 0.381. The highest BCUT2D eigenvalue weighted by Crippen LogP contribution is 2.64. The maximum atomic E-state index is 11.8. The van der Waals surface area contributed by atoms with E-state index in [1.165, 1.54) is 31.4 Å². The summed E-state index contributed by atoms with van der Waals surface area (Å²) in [5, 5.41) is 24.2. The summed E-state index contributed by atoms with van der Waals surface area (Å²) in [4.78, 5) is 22.4. The minimum Gasteiger partial charge on any atom is -0.478 e. The molecule has 2 bridgehead atoms. The van der Waals surface area contributed by atoms with Gasteiger partial charge in [-0.3, -0.25) is 10.1 Å². The van der Waals surface area contributed by atoms with Crippen LogP contribution in [0, 0.1) is 27.9 Å². The van der Waals surface area contributed by atoms with Crippen LogP contribution in [0.25, 0.3) is 0 Å². The van der Waals surface area contributed by atoms with Crippen molar-refractivity contribution in [3.8, 4) is 0 Å². The van der Waals surface area contributed by atoms with Gasteiger partial charge in [-0.2, -0.15) is 0 Å². The van der Waals surface area contributed by atoms with E-state index in [1.807, 2.05) is 18.2 Å². The Balaban J connectivity index is 1.63. The molecule has 27 heavy (non-hydrogen) atoms. The summed E-state index contributed by atoms with van der Waals surface area (Å²) in [6.45, 7) is 0. The SMILES string of the molecule is O=C(O)c1cccc2c1N[C@H](c1ccc([N+](=O)[O-])cc1)[C@@H]1[C@H]3CC[C@@H](C3)[C@@H]21. The third kappa shape index (κ3) is 2.36. The molecule has 6 nitrogen and oxygen atoms in total. The van der Waals surface area contributed by atoms with Crippen LogP contribution in [-0.4, -0.2) is 16.0 Å². The van der Waals surface area contributed by atoms with E-state index in [9.17, 15) is 20.0 Å². The minimum absolute atomic E-state index is 0.0147. The number of rotatable bonds is 3. The molecule has 0 amide bonds. The Hall–Kier alpha value is -2.89. The molecule has 5 rings (SSSR count). The van der Waals surface area contributed by atoms with Gasteiger partial charge in [0.1, 0.15) is 0 Å². The molecular weight excluding hydrogens is 344 g/mol. The standard InChI is InChI=1S/C21H20N2O4/c24-21(25)16-3-1-2-15-17-12-4-5-13(10-12)18(17)19(22-20(15)16)11-6-8-14(9-7-11)23(26)27/h1-3,6-9,12-13,17-19,22H,4-5,10H2,(H,24,25)/t12-,13-,17-,18+,19+/m0/s1. The zero-order valence-corrected chi connectivity index (χ0v) is 14.7. The quantitative estimate of drug-likeness (QED) is 0.614. The Morgan fingerprint density at radius 3 is 2.56 bits per heavy atom. The number of fused-ring (bicyclic) bond motifs is 7. The first kappa shape index (κ1) is 16.3. The second kappa shape index (κ2) is 5.81. The summed E-state index contributed by atoms with van der Waals surface area (Å²) >= 11 is 0. The average molecular weight is 364 g/mol. The molecule has 0 saturated heterocycles. The maximum absolute atomic E-state index is 11.8. The van der Waals surface area contributed by atoms with E-state index in [4.69, 9.17) is 0 Å². The number of hydrogen-bond acceptors (Lipinski definition) is 4. The Kier molecular flexibility index (Phi) is 3.50. The van der Waals surface area contributed by atoms with Gasteiger partial charge in [0.05, 0.1) is 22.2 Å². The van der Waals surface area contributed by atoms with Crippen LogP contribution in [0.3, 0.4) is 0 Å². The van der Waals surface area contributed by atoms with Gasteiger partial charge in [0, 0.05) is 12.1 Å². The number of aromatic carboxylic acids is 1.